The molecule has 3 aromatic rings. The molecule has 3 heteroatoms. The van der Waals surface area contributed by atoms with Gasteiger partial charge in [-0.05, 0) is 43.0 Å². The first-order valence-corrected chi connectivity index (χ1v) is 7.70. The zero-order chi connectivity index (χ0) is 13.9. The Kier molecular flexibility index (Phi) is 3.81. The van der Waals surface area contributed by atoms with Gasteiger partial charge in [0.1, 0.15) is 0 Å². The largest absolute Gasteiger partial charge is 0.303 e. The molecule has 0 radical (unpaired) electrons. The zero-order valence-electron chi connectivity index (χ0n) is 11.7. The van der Waals surface area contributed by atoms with Crippen molar-refractivity contribution in [3.05, 3.63) is 65.3 Å². The van der Waals surface area contributed by atoms with E-state index in [1.165, 1.54) is 20.5 Å². The fourth-order valence-corrected chi connectivity index (χ4v) is 3.48. The summed E-state index contributed by atoms with van der Waals surface area (Å²) in [6.45, 7) is 4.40. The lowest BCUT2D eigenvalue weighted by Crippen LogP contribution is -2.21. The Hall–Kier alpha value is -1.71. The number of hydrogen-bond acceptors (Lipinski definition) is 3. The Bertz CT molecular complexity index is 657. The zero-order valence-corrected chi connectivity index (χ0v) is 12.5. The fourth-order valence-electron chi connectivity index (χ4n) is 2.40. The highest BCUT2D eigenvalue weighted by Gasteiger charge is 2.13. The van der Waals surface area contributed by atoms with E-state index in [1.54, 1.807) is 0 Å². The third-order valence-electron chi connectivity index (χ3n) is 3.56. The average Bonchev–Trinajstić information content (AvgIpc) is 2.92. The van der Waals surface area contributed by atoms with Crippen LogP contribution in [-0.4, -0.2) is 4.98 Å². The SMILES string of the molecule is CC(N[C@H](C)c1cccnc1)c1cc2ccccc2s1. The first kappa shape index (κ1) is 13.3. The molecule has 0 aliphatic rings. The van der Waals surface area contributed by atoms with Crippen LogP contribution >= 0.6 is 11.3 Å². The van der Waals surface area contributed by atoms with Gasteiger partial charge in [0.05, 0.1) is 0 Å². The second kappa shape index (κ2) is 5.73. The van der Waals surface area contributed by atoms with Crippen LogP contribution in [0.1, 0.15) is 36.4 Å². The third-order valence-corrected chi connectivity index (χ3v) is 4.85. The van der Waals surface area contributed by atoms with Crippen molar-refractivity contribution in [2.24, 2.45) is 0 Å². The van der Waals surface area contributed by atoms with Crippen molar-refractivity contribution in [1.29, 1.82) is 0 Å². The fraction of sp³-hybridized carbons (Fsp3) is 0.235. The summed E-state index contributed by atoms with van der Waals surface area (Å²) < 4.78 is 1.35. The maximum atomic E-state index is 4.18. The number of benzene rings is 1. The third kappa shape index (κ3) is 2.74. The molecule has 0 amide bonds. The molecule has 0 aliphatic heterocycles. The summed E-state index contributed by atoms with van der Waals surface area (Å²) in [5.41, 5.74) is 1.22. The van der Waals surface area contributed by atoms with Crippen LogP contribution in [0.3, 0.4) is 0 Å². The second-order valence-corrected chi connectivity index (χ2v) is 6.20. The quantitative estimate of drug-likeness (QED) is 0.749. The van der Waals surface area contributed by atoms with Gasteiger partial charge >= 0.3 is 0 Å². The molecule has 20 heavy (non-hydrogen) atoms. The van der Waals surface area contributed by atoms with E-state index in [2.05, 4.69) is 60.5 Å². The Morgan fingerprint density at radius 2 is 1.90 bits per heavy atom. The van der Waals surface area contributed by atoms with Gasteiger partial charge in [-0.25, -0.2) is 0 Å². The molecule has 2 heterocycles. The summed E-state index contributed by atoms with van der Waals surface area (Å²) in [4.78, 5) is 5.56. The summed E-state index contributed by atoms with van der Waals surface area (Å²) in [5.74, 6) is 0. The van der Waals surface area contributed by atoms with Crippen molar-refractivity contribution >= 4 is 21.4 Å². The molecule has 102 valence electrons. The average molecular weight is 282 g/mol. The van der Waals surface area contributed by atoms with Gasteiger partial charge in [0.15, 0.2) is 0 Å². The smallest absolute Gasteiger partial charge is 0.0391 e. The number of rotatable bonds is 4. The molecular weight excluding hydrogens is 264 g/mol. The number of pyridine rings is 1. The Morgan fingerprint density at radius 3 is 2.65 bits per heavy atom. The summed E-state index contributed by atoms with van der Waals surface area (Å²) in [5, 5.41) is 4.97. The molecule has 2 atom stereocenters. The molecule has 2 nitrogen and oxygen atoms in total. The topological polar surface area (TPSA) is 24.9 Å². The maximum Gasteiger partial charge on any atom is 0.0391 e. The Balaban J connectivity index is 1.77. The second-order valence-electron chi connectivity index (χ2n) is 5.08. The lowest BCUT2D eigenvalue weighted by Gasteiger charge is -2.19. The van der Waals surface area contributed by atoms with Gasteiger partial charge in [0.2, 0.25) is 0 Å². The van der Waals surface area contributed by atoms with Crippen LogP contribution in [0.5, 0.6) is 0 Å². The minimum atomic E-state index is 0.295. The van der Waals surface area contributed by atoms with Crippen molar-refractivity contribution in [2.45, 2.75) is 25.9 Å². The maximum absolute atomic E-state index is 4.18. The van der Waals surface area contributed by atoms with E-state index in [4.69, 9.17) is 0 Å². The van der Waals surface area contributed by atoms with Gasteiger partial charge in [0.25, 0.3) is 0 Å². The first-order chi connectivity index (χ1) is 9.74. The Morgan fingerprint density at radius 1 is 1.05 bits per heavy atom. The van der Waals surface area contributed by atoms with Crippen LogP contribution in [0.25, 0.3) is 10.1 Å². The Labute approximate surface area is 123 Å². The molecule has 0 fully saturated rings. The predicted molar refractivity (Wildman–Crippen MR) is 86.0 cm³/mol. The van der Waals surface area contributed by atoms with Crippen LogP contribution in [0.2, 0.25) is 0 Å². The van der Waals surface area contributed by atoms with Gasteiger partial charge in [0, 0.05) is 34.1 Å². The van der Waals surface area contributed by atoms with Crippen molar-refractivity contribution < 1.29 is 0 Å². The predicted octanol–water partition coefficient (Wildman–Crippen LogP) is 4.71. The van der Waals surface area contributed by atoms with E-state index in [0.29, 0.717) is 12.1 Å². The highest BCUT2D eigenvalue weighted by atomic mass is 32.1. The summed E-state index contributed by atoms with van der Waals surface area (Å²) in [6.07, 6.45) is 3.74. The normalized spacial score (nSPS) is 14.3. The summed E-state index contributed by atoms with van der Waals surface area (Å²) >= 11 is 1.86. The molecule has 1 unspecified atom stereocenters. The van der Waals surface area contributed by atoms with Gasteiger partial charge in [-0.15, -0.1) is 11.3 Å². The van der Waals surface area contributed by atoms with Crippen molar-refractivity contribution in [1.82, 2.24) is 10.3 Å². The van der Waals surface area contributed by atoms with Crippen LogP contribution in [-0.2, 0) is 0 Å². The molecule has 1 aromatic carbocycles. The molecule has 3 rings (SSSR count). The molecule has 0 saturated carbocycles. The lowest BCUT2D eigenvalue weighted by molar-refractivity contribution is 0.499. The van der Waals surface area contributed by atoms with Crippen molar-refractivity contribution in [3.8, 4) is 0 Å². The number of aromatic nitrogens is 1. The molecule has 0 aliphatic carbocycles. The highest BCUT2D eigenvalue weighted by Crippen LogP contribution is 2.30. The van der Waals surface area contributed by atoms with Gasteiger partial charge in [-0.1, -0.05) is 24.3 Å². The molecule has 0 spiro atoms. The summed E-state index contributed by atoms with van der Waals surface area (Å²) in [6, 6.07) is 15.6. The number of thiophene rings is 1. The monoisotopic (exact) mass is 282 g/mol. The lowest BCUT2D eigenvalue weighted by atomic mass is 10.1. The molecule has 0 bridgehead atoms. The standard InChI is InChI=1S/C17H18N2S/c1-12(15-7-5-9-18-11-15)19-13(2)17-10-14-6-3-4-8-16(14)20-17/h3-13,19H,1-2H3/t12-,13?/m1/s1. The van der Waals surface area contributed by atoms with E-state index >= 15 is 0 Å². The van der Waals surface area contributed by atoms with E-state index in [-0.39, 0.29) is 0 Å². The van der Waals surface area contributed by atoms with E-state index in [9.17, 15) is 0 Å². The number of hydrogen-bond donors (Lipinski definition) is 1. The van der Waals surface area contributed by atoms with E-state index in [0.717, 1.165) is 0 Å². The van der Waals surface area contributed by atoms with E-state index in [1.807, 2.05) is 29.8 Å². The molecule has 2 aromatic heterocycles. The molecular formula is C17H18N2S. The van der Waals surface area contributed by atoms with Crippen molar-refractivity contribution in [2.75, 3.05) is 0 Å². The highest BCUT2D eigenvalue weighted by molar-refractivity contribution is 7.19. The molecule has 0 saturated heterocycles. The van der Waals surface area contributed by atoms with Crippen LogP contribution in [0.4, 0.5) is 0 Å². The van der Waals surface area contributed by atoms with Crippen LogP contribution in [0.15, 0.2) is 54.9 Å². The molecule has 1 N–H and O–H groups in total. The minimum absolute atomic E-state index is 0.295. The van der Waals surface area contributed by atoms with Crippen LogP contribution in [0, 0.1) is 0 Å². The van der Waals surface area contributed by atoms with Crippen LogP contribution < -0.4 is 5.32 Å². The van der Waals surface area contributed by atoms with Gasteiger partial charge in [-0.3, -0.25) is 4.98 Å². The van der Waals surface area contributed by atoms with Crippen molar-refractivity contribution in [3.63, 3.8) is 0 Å². The van der Waals surface area contributed by atoms with Gasteiger partial charge in [-0.2, -0.15) is 0 Å². The van der Waals surface area contributed by atoms with E-state index < -0.39 is 0 Å². The summed E-state index contributed by atoms with van der Waals surface area (Å²) in [7, 11) is 0. The van der Waals surface area contributed by atoms with Gasteiger partial charge < -0.3 is 5.32 Å². The minimum Gasteiger partial charge on any atom is -0.303 e. The number of nitrogens with one attached hydrogen (secondary N) is 1. The number of nitrogens with zero attached hydrogens (tertiary/aromatic N) is 1. The first-order valence-electron chi connectivity index (χ1n) is 6.88. The number of fused-ring (bicyclic) bond motifs is 1.